The van der Waals surface area contributed by atoms with Gasteiger partial charge in [0.1, 0.15) is 0 Å². The van der Waals surface area contributed by atoms with Crippen LogP contribution in [0, 0.1) is 6.92 Å². The predicted octanol–water partition coefficient (Wildman–Crippen LogP) is 3.44. The summed E-state index contributed by atoms with van der Waals surface area (Å²) in [5.74, 6) is -0.686. The molecular formula is C19H18ClN3O. The van der Waals surface area contributed by atoms with Crippen molar-refractivity contribution in [1.29, 1.82) is 0 Å². The number of hydrogen-bond acceptors (Lipinski definition) is 1. The van der Waals surface area contributed by atoms with Gasteiger partial charge in [-0.3, -0.25) is 4.79 Å². The average molecular weight is 340 g/mol. The summed E-state index contributed by atoms with van der Waals surface area (Å²) in [5.41, 5.74) is 16.4. The molecule has 1 aliphatic carbocycles. The van der Waals surface area contributed by atoms with E-state index >= 15 is 0 Å². The lowest BCUT2D eigenvalue weighted by Gasteiger charge is -2.21. The predicted molar refractivity (Wildman–Crippen MR) is 98.2 cm³/mol. The maximum atomic E-state index is 12.1. The van der Waals surface area contributed by atoms with E-state index < -0.39 is 5.91 Å². The zero-order valence-corrected chi connectivity index (χ0v) is 14.1. The van der Waals surface area contributed by atoms with Crippen LogP contribution in [-0.4, -0.2) is 11.9 Å². The molecule has 0 bridgehead atoms. The number of hydrogen-bond donors (Lipinski definition) is 2. The minimum atomic E-state index is -0.446. The van der Waals surface area contributed by atoms with E-state index in [0.717, 1.165) is 35.1 Å². The van der Waals surface area contributed by atoms with Crippen LogP contribution < -0.4 is 11.5 Å². The number of nitrogens with zero attached hydrogens (tertiary/aromatic N) is 1. The van der Waals surface area contributed by atoms with Crippen molar-refractivity contribution >= 4 is 29.0 Å². The van der Waals surface area contributed by atoms with Crippen LogP contribution in [0.15, 0.2) is 47.5 Å². The molecule has 2 aromatic carbocycles. The molecule has 24 heavy (non-hydrogen) atoms. The van der Waals surface area contributed by atoms with Crippen LogP contribution in [0.3, 0.4) is 0 Å². The van der Waals surface area contributed by atoms with Crippen molar-refractivity contribution in [1.82, 2.24) is 0 Å². The van der Waals surface area contributed by atoms with Crippen molar-refractivity contribution in [2.75, 3.05) is 0 Å². The second-order valence-electron chi connectivity index (χ2n) is 5.80. The summed E-state index contributed by atoms with van der Waals surface area (Å²) in [6, 6.07) is 11.4. The lowest BCUT2D eigenvalue weighted by Crippen LogP contribution is -2.24. The minimum Gasteiger partial charge on any atom is -0.370 e. The molecule has 1 amide bonds. The van der Waals surface area contributed by atoms with Crippen LogP contribution in [0.2, 0.25) is 5.02 Å². The fraction of sp³-hybridized carbons (Fsp3) is 0.158. The number of fused-ring (bicyclic) bond motifs is 1. The lowest BCUT2D eigenvalue weighted by molar-refractivity contribution is 0.100. The van der Waals surface area contributed by atoms with Crippen LogP contribution in [0.4, 0.5) is 0 Å². The quantitative estimate of drug-likeness (QED) is 0.649. The third kappa shape index (κ3) is 3.05. The maximum absolute atomic E-state index is 12.1. The Labute approximate surface area is 145 Å². The molecule has 0 unspecified atom stereocenters. The number of carbonyl (C=O) groups excluding carboxylic acids is 1. The van der Waals surface area contributed by atoms with E-state index in [0.29, 0.717) is 10.6 Å². The summed E-state index contributed by atoms with van der Waals surface area (Å²) in [6.07, 6.45) is 4.04. The summed E-state index contributed by atoms with van der Waals surface area (Å²) >= 11 is 6.44. The molecule has 0 saturated heterocycles. The van der Waals surface area contributed by atoms with E-state index in [-0.39, 0.29) is 5.96 Å². The first-order valence-electron chi connectivity index (χ1n) is 7.70. The number of benzene rings is 2. The molecule has 0 spiro atoms. The van der Waals surface area contributed by atoms with E-state index in [1.807, 2.05) is 37.3 Å². The number of nitrogens with two attached hydrogens (primary N) is 2. The average Bonchev–Trinajstić information content (AvgIpc) is 2.53. The van der Waals surface area contributed by atoms with Gasteiger partial charge in [0, 0.05) is 16.1 Å². The molecule has 0 radical (unpaired) electrons. The third-order valence-electron chi connectivity index (χ3n) is 4.13. The fourth-order valence-corrected chi connectivity index (χ4v) is 3.38. The van der Waals surface area contributed by atoms with Crippen molar-refractivity contribution in [3.63, 3.8) is 0 Å². The van der Waals surface area contributed by atoms with E-state index in [1.165, 1.54) is 5.56 Å². The van der Waals surface area contributed by atoms with Gasteiger partial charge in [-0.15, -0.1) is 0 Å². The Hall–Kier alpha value is -2.59. The fourth-order valence-electron chi connectivity index (χ4n) is 3.05. The molecule has 4 N–H and O–H groups in total. The number of guanidine groups is 1. The molecule has 2 aromatic rings. The normalized spacial score (nSPS) is 13.0. The van der Waals surface area contributed by atoms with Crippen molar-refractivity contribution < 1.29 is 4.79 Å². The topological polar surface area (TPSA) is 81.5 Å². The van der Waals surface area contributed by atoms with Crippen molar-refractivity contribution in [3.8, 4) is 0 Å². The Balaban J connectivity index is 2.13. The second kappa shape index (κ2) is 6.49. The molecular weight excluding hydrogens is 322 g/mol. The Morgan fingerprint density at radius 3 is 2.71 bits per heavy atom. The largest absolute Gasteiger partial charge is 0.370 e. The highest BCUT2D eigenvalue weighted by atomic mass is 35.5. The standard InChI is InChI=1S/C19H18ClN3O/c1-11-4-2-7-16(20)17(11)14-6-3-5-12-8-9-13(10-15(12)14)18(24)23-19(21)22/h2,4,6-10H,3,5H2,1H3,(H4,21,22,23,24). The molecule has 0 saturated carbocycles. The van der Waals surface area contributed by atoms with Crippen molar-refractivity contribution in [3.05, 3.63) is 75.3 Å². The summed E-state index contributed by atoms with van der Waals surface area (Å²) in [4.78, 5) is 15.7. The van der Waals surface area contributed by atoms with Gasteiger partial charge in [-0.1, -0.05) is 35.9 Å². The van der Waals surface area contributed by atoms with Gasteiger partial charge >= 0.3 is 0 Å². The number of rotatable bonds is 2. The summed E-state index contributed by atoms with van der Waals surface area (Å²) in [7, 11) is 0. The highest BCUT2D eigenvalue weighted by molar-refractivity contribution is 6.32. The van der Waals surface area contributed by atoms with Crippen LogP contribution in [-0.2, 0) is 6.42 Å². The molecule has 0 atom stereocenters. The van der Waals surface area contributed by atoms with E-state index in [1.54, 1.807) is 6.07 Å². The molecule has 4 nitrogen and oxygen atoms in total. The van der Waals surface area contributed by atoms with Gasteiger partial charge < -0.3 is 11.5 Å². The van der Waals surface area contributed by atoms with Crippen LogP contribution in [0.25, 0.3) is 5.57 Å². The maximum Gasteiger partial charge on any atom is 0.280 e. The first-order chi connectivity index (χ1) is 11.5. The first-order valence-corrected chi connectivity index (χ1v) is 8.08. The van der Waals surface area contributed by atoms with Gasteiger partial charge in [0.25, 0.3) is 5.91 Å². The number of aryl methyl sites for hydroxylation is 2. The van der Waals surface area contributed by atoms with Gasteiger partial charge in [0.05, 0.1) is 0 Å². The Morgan fingerprint density at radius 1 is 1.21 bits per heavy atom. The van der Waals surface area contributed by atoms with Crippen molar-refractivity contribution in [2.45, 2.75) is 19.8 Å². The SMILES string of the molecule is Cc1cccc(Cl)c1C1=CCCc2ccc(C(=O)N=C(N)N)cc21. The number of aliphatic imine (C=N–C) groups is 1. The van der Waals surface area contributed by atoms with Gasteiger partial charge in [-0.2, -0.15) is 4.99 Å². The third-order valence-corrected chi connectivity index (χ3v) is 4.45. The Morgan fingerprint density at radius 2 is 2.00 bits per heavy atom. The highest BCUT2D eigenvalue weighted by Gasteiger charge is 2.19. The zero-order valence-electron chi connectivity index (χ0n) is 13.3. The number of carbonyl (C=O) groups is 1. The van der Waals surface area contributed by atoms with Gasteiger partial charge in [0.15, 0.2) is 5.96 Å². The number of amides is 1. The smallest absolute Gasteiger partial charge is 0.280 e. The zero-order chi connectivity index (χ0) is 17.3. The molecule has 122 valence electrons. The molecule has 0 fully saturated rings. The summed E-state index contributed by atoms with van der Waals surface area (Å²) < 4.78 is 0. The van der Waals surface area contributed by atoms with Crippen LogP contribution >= 0.6 is 11.6 Å². The van der Waals surface area contributed by atoms with E-state index in [4.69, 9.17) is 23.1 Å². The van der Waals surface area contributed by atoms with E-state index in [9.17, 15) is 4.79 Å². The number of halogens is 1. The molecule has 3 rings (SSSR count). The van der Waals surface area contributed by atoms with Gasteiger partial charge in [0.2, 0.25) is 0 Å². The van der Waals surface area contributed by atoms with Crippen molar-refractivity contribution in [2.24, 2.45) is 16.5 Å². The molecule has 0 aliphatic heterocycles. The monoisotopic (exact) mass is 339 g/mol. The van der Waals surface area contributed by atoms with E-state index in [2.05, 4.69) is 11.1 Å². The molecule has 5 heteroatoms. The van der Waals surface area contributed by atoms with Gasteiger partial charge in [-0.05, 0) is 60.2 Å². The number of allylic oxidation sites excluding steroid dienone is 1. The Kier molecular flexibility index (Phi) is 4.40. The van der Waals surface area contributed by atoms with Gasteiger partial charge in [-0.25, -0.2) is 0 Å². The lowest BCUT2D eigenvalue weighted by atomic mass is 9.84. The van der Waals surface area contributed by atoms with Crippen LogP contribution in [0.5, 0.6) is 0 Å². The molecule has 0 heterocycles. The van der Waals surface area contributed by atoms with Crippen LogP contribution in [0.1, 0.15) is 39.0 Å². The minimum absolute atomic E-state index is 0.240. The summed E-state index contributed by atoms with van der Waals surface area (Å²) in [6.45, 7) is 2.03. The Bertz CT molecular complexity index is 860. The first kappa shape index (κ1) is 16.3. The molecule has 1 aliphatic rings. The second-order valence-corrected chi connectivity index (χ2v) is 6.21. The highest BCUT2D eigenvalue weighted by Crippen LogP contribution is 2.37. The molecule has 0 aromatic heterocycles. The summed E-state index contributed by atoms with van der Waals surface area (Å²) in [5, 5.41) is 0.704.